The number of rotatable bonds is 8. The van der Waals surface area contributed by atoms with Gasteiger partial charge in [0.2, 0.25) is 0 Å². The van der Waals surface area contributed by atoms with Gasteiger partial charge in [-0.25, -0.2) is 4.79 Å². The maximum Gasteiger partial charge on any atom is 0.321 e. The fraction of sp³-hybridized carbons (Fsp3) is 0.625. The number of hydrogen-bond donors (Lipinski definition) is 3. The average molecular weight is 745 g/mol. The van der Waals surface area contributed by atoms with Crippen LogP contribution in [-0.4, -0.2) is 58.8 Å². The SMILES string of the molecule is COc1ccc(C(=O)C2=CC34C=CC25C(CCC2(C)C5CCC2(O)CN(CC25CC6CC(CC(C6)C2)C5)C(=O)Nc2ccccc2)C3(C)CCC(O)C4)cc1. The standard InChI is InChI=1S/C48H60N2O5/c1-43-16-13-36(51)27-46(43)19-20-48(38(28-46)41(52)34-9-11-37(55-3)12-10-34)39(43)14-17-44(2)40(48)15-18-47(44,54)30-50(42(53)49-35-7-5-4-6-8-35)29-45-24-31-21-32(25-45)23-33(22-31)26-45/h4-12,19-20,28,31-33,36,39-40,51,54H,13-18,21-27,29-30H2,1-3H3,(H,49,53). The second-order valence-electron chi connectivity index (χ2n) is 20.4. The quantitative estimate of drug-likeness (QED) is 0.185. The van der Waals surface area contributed by atoms with Crippen molar-refractivity contribution < 1.29 is 24.5 Å². The first-order valence-corrected chi connectivity index (χ1v) is 21.5. The number of carbonyl (C=O) groups excluding carboxylic acids is 2. The van der Waals surface area contributed by atoms with Crippen molar-refractivity contribution in [1.29, 1.82) is 0 Å². The Morgan fingerprint density at radius 1 is 0.800 bits per heavy atom. The Kier molecular flexibility index (Phi) is 8.04. The van der Waals surface area contributed by atoms with E-state index in [-0.39, 0.29) is 39.9 Å². The molecule has 0 heterocycles. The van der Waals surface area contributed by atoms with Crippen LogP contribution in [-0.2, 0) is 0 Å². The molecule has 7 nitrogen and oxygen atoms in total. The molecule has 2 amide bonds. The lowest BCUT2D eigenvalue weighted by atomic mass is 9.32. The number of fused-ring (bicyclic) bond motifs is 1. The number of carbonyl (C=O) groups is 2. The molecule has 2 spiro atoms. The van der Waals surface area contributed by atoms with Crippen molar-refractivity contribution in [3.8, 4) is 5.75 Å². The number of anilines is 1. The van der Waals surface area contributed by atoms with Gasteiger partial charge in [0.25, 0.3) is 0 Å². The minimum absolute atomic E-state index is 0.0222. The van der Waals surface area contributed by atoms with E-state index in [1.807, 2.05) is 59.5 Å². The minimum Gasteiger partial charge on any atom is -0.497 e. The van der Waals surface area contributed by atoms with Gasteiger partial charge in [-0.15, -0.1) is 0 Å². The Labute approximate surface area is 327 Å². The van der Waals surface area contributed by atoms with Gasteiger partial charge in [-0.1, -0.05) is 50.3 Å². The minimum atomic E-state index is -1.12. The number of ether oxygens (including phenoxy) is 1. The maximum absolute atomic E-state index is 15.0. The van der Waals surface area contributed by atoms with Gasteiger partial charge in [0.05, 0.1) is 25.4 Å². The van der Waals surface area contributed by atoms with Crippen LogP contribution in [0, 0.1) is 56.7 Å². The largest absolute Gasteiger partial charge is 0.497 e. The van der Waals surface area contributed by atoms with Gasteiger partial charge >= 0.3 is 6.03 Å². The number of Topliss-reactive ketones (excluding diaryl/α,β-unsaturated/α-hetero) is 1. The van der Waals surface area contributed by atoms with Gasteiger partial charge in [0, 0.05) is 39.6 Å². The van der Waals surface area contributed by atoms with E-state index in [9.17, 15) is 15.0 Å². The maximum atomic E-state index is 15.0. The number of aliphatic hydroxyl groups is 2. The molecule has 7 fully saturated rings. The van der Waals surface area contributed by atoms with Gasteiger partial charge in [-0.2, -0.15) is 0 Å². The fourth-order valence-electron chi connectivity index (χ4n) is 15.6. The van der Waals surface area contributed by atoms with Crippen LogP contribution in [0.15, 0.2) is 78.4 Å². The summed E-state index contributed by atoms with van der Waals surface area (Å²) in [6.45, 7) is 5.71. The second kappa shape index (κ2) is 12.3. The predicted octanol–water partition coefficient (Wildman–Crippen LogP) is 9.22. The molecule has 3 N–H and O–H groups in total. The number of hydrogen-bond acceptors (Lipinski definition) is 5. The molecular weight excluding hydrogens is 685 g/mol. The summed E-state index contributed by atoms with van der Waals surface area (Å²) in [5.41, 5.74) is -0.292. The van der Waals surface area contributed by atoms with Crippen LogP contribution >= 0.6 is 0 Å². The zero-order valence-electron chi connectivity index (χ0n) is 33.1. The molecule has 55 heavy (non-hydrogen) atoms. The summed E-state index contributed by atoms with van der Waals surface area (Å²) in [4.78, 5) is 31.6. The molecule has 6 bridgehead atoms. The van der Waals surface area contributed by atoms with E-state index in [0.29, 0.717) is 37.2 Å². The van der Waals surface area contributed by atoms with E-state index < -0.39 is 22.5 Å². The van der Waals surface area contributed by atoms with Crippen molar-refractivity contribution in [3.63, 3.8) is 0 Å². The van der Waals surface area contributed by atoms with Crippen LogP contribution in [0.25, 0.3) is 0 Å². The Morgan fingerprint density at radius 3 is 2.11 bits per heavy atom. The van der Waals surface area contributed by atoms with Gasteiger partial charge in [0.1, 0.15) is 5.75 Å². The van der Waals surface area contributed by atoms with Crippen molar-refractivity contribution in [2.45, 2.75) is 109 Å². The number of benzene rings is 2. The van der Waals surface area contributed by atoms with E-state index in [2.05, 4.69) is 37.4 Å². The summed E-state index contributed by atoms with van der Waals surface area (Å²) in [7, 11) is 1.64. The van der Waals surface area contributed by atoms with Crippen molar-refractivity contribution in [3.05, 3.63) is 84.0 Å². The summed E-state index contributed by atoms with van der Waals surface area (Å²) in [5.74, 6) is 3.30. The molecule has 0 aliphatic heterocycles. The summed E-state index contributed by atoms with van der Waals surface area (Å²) in [6, 6.07) is 17.1. The summed E-state index contributed by atoms with van der Waals surface area (Å²) in [6.07, 6.45) is 19.7. The third kappa shape index (κ3) is 5.13. The number of methoxy groups -OCH3 is 1. The number of aliphatic hydroxyl groups excluding tert-OH is 1. The second-order valence-corrected chi connectivity index (χ2v) is 20.4. The van der Waals surface area contributed by atoms with Gasteiger partial charge < -0.3 is 25.2 Å². The van der Waals surface area contributed by atoms with Crippen LogP contribution in [0.2, 0.25) is 0 Å². The molecule has 10 aliphatic carbocycles. The van der Waals surface area contributed by atoms with Crippen LogP contribution in [0.1, 0.15) is 108 Å². The first-order valence-electron chi connectivity index (χ1n) is 21.5. The van der Waals surface area contributed by atoms with Crippen LogP contribution in [0.5, 0.6) is 5.75 Å². The van der Waals surface area contributed by atoms with Crippen LogP contribution < -0.4 is 10.1 Å². The van der Waals surface area contributed by atoms with Crippen molar-refractivity contribution in [2.75, 3.05) is 25.5 Å². The molecule has 12 rings (SSSR count). The predicted molar refractivity (Wildman–Crippen MR) is 214 cm³/mol. The highest BCUT2D eigenvalue weighted by Crippen LogP contribution is 2.78. The average Bonchev–Trinajstić information content (AvgIpc) is 3.43. The number of nitrogens with zero attached hydrogens (tertiary/aromatic N) is 1. The Hall–Kier alpha value is -3.42. The third-order valence-electron chi connectivity index (χ3n) is 17.8. The highest BCUT2D eigenvalue weighted by atomic mass is 16.5. The van der Waals surface area contributed by atoms with Crippen LogP contribution in [0.4, 0.5) is 10.5 Å². The zero-order chi connectivity index (χ0) is 38.0. The lowest BCUT2D eigenvalue weighted by molar-refractivity contribution is -0.176. The highest BCUT2D eigenvalue weighted by Gasteiger charge is 2.74. The van der Waals surface area contributed by atoms with E-state index in [1.54, 1.807) is 7.11 Å². The Morgan fingerprint density at radius 2 is 1.44 bits per heavy atom. The molecule has 2 aromatic rings. The molecule has 8 atom stereocenters. The number of para-hydroxylation sites is 1. The van der Waals surface area contributed by atoms with Gasteiger partial charge in [0.15, 0.2) is 5.78 Å². The first-order chi connectivity index (χ1) is 26.3. The van der Waals surface area contributed by atoms with Crippen molar-refractivity contribution in [2.24, 2.45) is 56.7 Å². The smallest absolute Gasteiger partial charge is 0.321 e. The van der Waals surface area contributed by atoms with Crippen LogP contribution in [0.3, 0.4) is 0 Å². The topological polar surface area (TPSA) is 99.1 Å². The number of nitrogens with one attached hydrogen (secondary N) is 1. The fourth-order valence-corrected chi connectivity index (χ4v) is 15.6. The summed E-state index contributed by atoms with van der Waals surface area (Å²) < 4.78 is 5.45. The first kappa shape index (κ1) is 36.0. The zero-order valence-corrected chi connectivity index (χ0v) is 33.1. The Balaban J connectivity index is 1.03. The molecule has 0 aromatic heterocycles. The molecule has 0 radical (unpaired) electrons. The molecule has 8 unspecified atom stereocenters. The lowest BCUT2D eigenvalue weighted by Crippen LogP contribution is -2.67. The number of allylic oxidation sites excluding steroid dienone is 4. The molecule has 10 aliphatic rings. The van der Waals surface area contributed by atoms with E-state index in [0.717, 1.165) is 61.1 Å². The number of amides is 2. The Bertz CT molecular complexity index is 1900. The van der Waals surface area contributed by atoms with E-state index >= 15 is 4.79 Å². The highest BCUT2D eigenvalue weighted by molar-refractivity contribution is 6.10. The molecule has 7 saturated carbocycles. The normalized spacial score (nSPS) is 44.3. The van der Waals surface area contributed by atoms with Gasteiger partial charge in [-0.3, -0.25) is 4.79 Å². The monoisotopic (exact) mass is 744 g/mol. The number of urea groups is 1. The van der Waals surface area contributed by atoms with E-state index in [1.165, 1.54) is 38.5 Å². The molecule has 2 aromatic carbocycles. The molecule has 292 valence electrons. The van der Waals surface area contributed by atoms with Crippen molar-refractivity contribution >= 4 is 17.5 Å². The summed E-state index contributed by atoms with van der Waals surface area (Å²) in [5, 5.41) is 27.7. The summed E-state index contributed by atoms with van der Waals surface area (Å²) >= 11 is 0. The molecule has 0 saturated heterocycles. The lowest BCUT2D eigenvalue weighted by Gasteiger charge is -2.71. The van der Waals surface area contributed by atoms with E-state index in [4.69, 9.17) is 4.74 Å². The van der Waals surface area contributed by atoms with Crippen molar-refractivity contribution in [1.82, 2.24) is 4.90 Å². The molecule has 7 heteroatoms. The molecular formula is C48H60N2O5. The third-order valence-corrected chi connectivity index (χ3v) is 17.8. The van der Waals surface area contributed by atoms with Gasteiger partial charge in [-0.05, 0) is 160 Å². The number of ketones is 1.